The molecular weight excluding hydrogens is 285 g/mol. The summed E-state index contributed by atoms with van der Waals surface area (Å²) in [6.45, 7) is 6.78. The van der Waals surface area contributed by atoms with E-state index < -0.39 is 5.82 Å². The SMILES string of the molecule is CN=C(NCCOCCC(C)C)NCc1ccc(O)c(F)c1. The standard InChI is InChI=1S/C16H26FN3O2/c1-12(2)6-8-22-9-7-19-16(18-3)20-11-13-4-5-15(21)14(17)10-13/h4-5,10,12,21H,6-9,11H2,1-3H3,(H2,18,19,20). The van der Waals surface area contributed by atoms with E-state index in [0.29, 0.717) is 31.6 Å². The summed E-state index contributed by atoms with van der Waals surface area (Å²) < 4.78 is 18.7. The van der Waals surface area contributed by atoms with Gasteiger partial charge in [-0.05, 0) is 30.0 Å². The van der Waals surface area contributed by atoms with Crippen LogP contribution in [0.25, 0.3) is 0 Å². The lowest BCUT2D eigenvalue weighted by molar-refractivity contribution is 0.128. The Morgan fingerprint density at radius 3 is 2.73 bits per heavy atom. The number of hydrogen-bond donors (Lipinski definition) is 3. The maximum atomic E-state index is 13.2. The smallest absolute Gasteiger partial charge is 0.191 e. The van der Waals surface area contributed by atoms with Crippen LogP contribution >= 0.6 is 0 Å². The molecule has 6 heteroatoms. The number of phenolic OH excluding ortho intramolecular Hbond substituents is 1. The molecule has 0 heterocycles. The Kier molecular flexibility index (Phi) is 8.28. The Morgan fingerprint density at radius 1 is 1.32 bits per heavy atom. The van der Waals surface area contributed by atoms with Gasteiger partial charge in [-0.2, -0.15) is 0 Å². The predicted molar refractivity (Wildman–Crippen MR) is 86.5 cm³/mol. The van der Waals surface area contributed by atoms with Crippen LogP contribution in [-0.2, 0) is 11.3 Å². The van der Waals surface area contributed by atoms with E-state index in [4.69, 9.17) is 9.84 Å². The summed E-state index contributed by atoms with van der Waals surface area (Å²) in [7, 11) is 1.67. The molecule has 0 aromatic heterocycles. The van der Waals surface area contributed by atoms with Crippen LogP contribution in [0, 0.1) is 11.7 Å². The summed E-state index contributed by atoms with van der Waals surface area (Å²) in [6.07, 6.45) is 1.05. The molecule has 0 aliphatic carbocycles. The van der Waals surface area contributed by atoms with E-state index in [1.54, 1.807) is 13.1 Å². The fourth-order valence-electron chi connectivity index (χ4n) is 1.73. The number of rotatable bonds is 8. The number of phenols is 1. The van der Waals surface area contributed by atoms with E-state index >= 15 is 0 Å². The van der Waals surface area contributed by atoms with E-state index in [1.807, 2.05) is 0 Å². The third-order valence-corrected chi connectivity index (χ3v) is 3.07. The van der Waals surface area contributed by atoms with E-state index in [2.05, 4.69) is 29.5 Å². The number of guanidine groups is 1. The molecule has 0 bridgehead atoms. The minimum atomic E-state index is -0.624. The van der Waals surface area contributed by atoms with Crippen molar-refractivity contribution < 1.29 is 14.2 Å². The van der Waals surface area contributed by atoms with Crippen molar-refractivity contribution in [1.29, 1.82) is 0 Å². The van der Waals surface area contributed by atoms with Crippen LogP contribution < -0.4 is 10.6 Å². The number of halogens is 1. The number of nitrogens with zero attached hydrogens (tertiary/aromatic N) is 1. The fraction of sp³-hybridized carbons (Fsp3) is 0.562. The largest absolute Gasteiger partial charge is 0.505 e. The quantitative estimate of drug-likeness (QED) is 0.391. The molecule has 1 rings (SSSR count). The number of benzene rings is 1. The van der Waals surface area contributed by atoms with E-state index in [9.17, 15) is 4.39 Å². The van der Waals surface area contributed by atoms with E-state index in [-0.39, 0.29) is 5.75 Å². The third kappa shape index (κ3) is 7.26. The normalized spacial score (nSPS) is 11.8. The van der Waals surface area contributed by atoms with Crippen LogP contribution in [-0.4, -0.2) is 37.9 Å². The summed E-state index contributed by atoms with van der Waals surface area (Å²) in [6, 6.07) is 4.30. The number of aliphatic imine (C=N–C) groups is 1. The van der Waals surface area contributed by atoms with Crippen LogP contribution in [0.4, 0.5) is 4.39 Å². The first-order chi connectivity index (χ1) is 10.5. The molecule has 3 N–H and O–H groups in total. The molecule has 0 fully saturated rings. The second-order valence-corrected chi connectivity index (χ2v) is 5.43. The molecule has 0 saturated heterocycles. The molecule has 0 amide bonds. The van der Waals surface area contributed by atoms with Gasteiger partial charge in [0, 0.05) is 26.7 Å². The minimum absolute atomic E-state index is 0.343. The average Bonchev–Trinajstić information content (AvgIpc) is 2.49. The summed E-state index contributed by atoms with van der Waals surface area (Å²) in [5.74, 6) is 0.305. The molecule has 0 radical (unpaired) electrons. The minimum Gasteiger partial charge on any atom is -0.505 e. The van der Waals surface area contributed by atoms with Crippen LogP contribution in [0.15, 0.2) is 23.2 Å². The molecule has 0 spiro atoms. The van der Waals surface area contributed by atoms with Crippen molar-refractivity contribution in [2.75, 3.05) is 26.8 Å². The maximum absolute atomic E-state index is 13.2. The van der Waals surface area contributed by atoms with Gasteiger partial charge in [0.1, 0.15) is 0 Å². The third-order valence-electron chi connectivity index (χ3n) is 3.07. The van der Waals surface area contributed by atoms with Gasteiger partial charge < -0.3 is 20.5 Å². The number of ether oxygens (including phenoxy) is 1. The van der Waals surface area contributed by atoms with Gasteiger partial charge in [0.15, 0.2) is 17.5 Å². The van der Waals surface area contributed by atoms with E-state index in [1.165, 1.54) is 12.1 Å². The Labute approximate surface area is 131 Å². The number of aromatic hydroxyl groups is 1. The molecule has 0 aliphatic rings. The maximum Gasteiger partial charge on any atom is 0.191 e. The van der Waals surface area contributed by atoms with Crippen molar-refractivity contribution >= 4 is 5.96 Å². The molecule has 124 valence electrons. The van der Waals surface area contributed by atoms with Crippen molar-refractivity contribution in [3.8, 4) is 5.75 Å². The Morgan fingerprint density at radius 2 is 2.09 bits per heavy atom. The van der Waals surface area contributed by atoms with Crippen molar-refractivity contribution in [3.63, 3.8) is 0 Å². The van der Waals surface area contributed by atoms with Gasteiger partial charge in [-0.3, -0.25) is 4.99 Å². The molecule has 0 saturated carbocycles. The van der Waals surface area contributed by atoms with Gasteiger partial charge in [0.2, 0.25) is 0 Å². The highest BCUT2D eigenvalue weighted by atomic mass is 19.1. The zero-order valence-electron chi connectivity index (χ0n) is 13.5. The van der Waals surface area contributed by atoms with Crippen LogP contribution in [0.1, 0.15) is 25.8 Å². The summed E-state index contributed by atoms with van der Waals surface area (Å²) in [5, 5.41) is 15.3. The van der Waals surface area contributed by atoms with Crippen LogP contribution in [0.5, 0.6) is 5.75 Å². The molecule has 0 aliphatic heterocycles. The van der Waals surface area contributed by atoms with Gasteiger partial charge in [0.25, 0.3) is 0 Å². The summed E-state index contributed by atoms with van der Waals surface area (Å²) in [5.41, 5.74) is 0.728. The van der Waals surface area contributed by atoms with Crippen molar-refractivity contribution in [2.45, 2.75) is 26.8 Å². The average molecular weight is 311 g/mol. The Hall–Kier alpha value is -1.82. The monoisotopic (exact) mass is 311 g/mol. The molecule has 22 heavy (non-hydrogen) atoms. The topological polar surface area (TPSA) is 65.9 Å². The zero-order valence-corrected chi connectivity index (χ0v) is 13.5. The Bertz CT molecular complexity index is 478. The van der Waals surface area contributed by atoms with E-state index in [0.717, 1.165) is 18.6 Å². The second-order valence-electron chi connectivity index (χ2n) is 5.43. The molecular formula is C16H26FN3O2. The Balaban J connectivity index is 2.23. The van der Waals surface area contributed by atoms with Gasteiger partial charge in [-0.15, -0.1) is 0 Å². The summed E-state index contributed by atoms with van der Waals surface area (Å²) >= 11 is 0. The van der Waals surface area contributed by atoms with Gasteiger partial charge in [0.05, 0.1) is 6.61 Å². The first-order valence-electron chi connectivity index (χ1n) is 7.52. The molecule has 1 aromatic rings. The van der Waals surface area contributed by atoms with Gasteiger partial charge >= 0.3 is 0 Å². The lowest BCUT2D eigenvalue weighted by Gasteiger charge is -2.12. The van der Waals surface area contributed by atoms with Crippen LogP contribution in [0.2, 0.25) is 0 Å². The van der Waals surface area contributed by atoms with Crippen LogP contribution in [0.3, 0.4) is 0 Å². The molecule has 0 atom stereocenters. The first-order valence-corrected chi connectivity index (χ1v) is 7.52. The highest BCUT2D eigenvalue weighted by Crippen LogP contribution is 2.15. The van der Waals surface area contributed by atoms with Crippen molar-refractivity contribution in [3.05, 3.63) is 29.6 Å². The highest BCUT2D eigenvalue weighted by molar-refractivity contribution is 5.79. The second kappa shape index (κ2) is 10.00. The summed E-state index contributed by atoms with van der Waals surface area (Å²) in [4.78, 5) is 4.08. The lowest BCUT2D eigenvalue weighted by Crippen LogP contribution is -2.38. The van der Waals surface area contributed by atoms with Gasteiger partial charge in [-0.25, -0.2) is 4.39 Å². The predicted octanol–water partition coefficient (Wildman–Crippen LogP) is 2.26. The zero-order chi connectivity index (χ0) is 16.4. The number of nitrogens with one attached hydrogen (secondary N) is 2. The van der Waals surface area contributed by atoms with Gasteiger partial charge in [-0.1, -0.05) is 19.9 Å². The molecule has 1 aromatic carbocycles. The lowest BCUT2D eigenvalue weighted by atomic mass is 10.1. The highest BCUT2D eigenvalue weighted by Gasteiger charge is 2.03. The molecule has 0 unspecified atom stereocenters. The fourth-order valence-corrected chi connectivity index (χ4v) is 1.73. The first kappa shape index (κ1) is 18.2. The van der Waals surface area contributed by atoms with Crippen molar-refractivity contribution in [2.24, 2.45) is 10.9 Å². The molecule has 5 nitrogen and oxygen atoms in total. The number of hydrogen-bond acceptors (Lipinski definition) is 3. The van der Waals surface area contributed by atoms with Crippen molar-refractivity contribution in [1.82, 2.24) is 10.6 Å².